The Kier molecular flexibility index (Phi) is 10.6. The van der Waals surface area contributed by atoms with Crippen molar-refractivity contribution in [3.05, 3.63) is 30.1 Å². The van der Waals surface area contributed by atoms with E-state index >= 15 is 0 Å². The fraction of sp³-hybridized carbons (Fsp3) is 0.609. The van der Waals surface area contributed by atoms with E-state index in [0.29, 0.717) is 19.0 Å². The van der Waals surface area contributed by atoms with Crippen molar-refractivity contribution in [1.82, 2.24) is 25.1 Å². The minimum absolute atomic E-state index is 0. The van der Waals surface area contributed by atoms with Gasteiger partial charge < -0.3 is 20.1 Å². The molecule has 8 heteroatoms. The van der Waals surface area contributed by atoms with Crippen LogP contribution < -0.4 is 10.6 Å². The van der Waals surface area contributed by atoms with Crippen LogP contribution in [0.5, 0.6) is 0 Å². The van der Waals surface area contributed by atoms with Gasteiger partial charge in [0, 0.05) is 45.2 Å². The molecule has 1 unspecified atom stereocenters. The van der Waals surface area contributed by atoms with E-state index in [2.05, 4.69) is 64.1 Å². The number of aliphatic imine (C=N–C) groups is 1. The molecule has 1 amide bonds. The first kappa shape index (κ1) is 25.4. The number of hydrogen-bond acceptors (Lipinski definition) is 3. The maximum Gasteiger partial charge on any atom is 0.224 e. The van der Waals surface area contributed by atoms with Gasteiger partial charge in [-0.15, -0.1) is 24.0 Å². The molecule has 1 fully saturated rings. The van der Waals surface area contributed by atoms with E-state index in [1.54, 1.807) is 0 Å². The number of hydrogen-bond donors (Lipinski definition) is 2. The van der Waals surface area contributed by atoms with E-state index in [1.165, 1.54) is 11.9 Å². The van der Waals surface area contributed by atoms with Gasteiger partial charge in [-0.25, -0.2) is 4.98 Å². The van der Waals surface area contributed by atoms with E-state index in [9.17, 15) is 4.79 Å². The quantitative estimate of drug-likeness (QED) is 0.232. The molecule has 1 aliphatic rings. The zero-order chi connectivity index (χ0) is 21.3. The first-order valence-electron chi connectivity index (χ1n) is 11.3. The highest BCUT2D eigenvalue weighted by molar-refractivity contribution is 14.0. The molecule has 1 aliphatic heterocycles. The predicted molar refractivity (Wildman–Crippen MR) is 138 cm³/mol. The molecule has 0 saturated carbocycles. The molecular formula is C23H37IN6O. The van der Waals surface area contributed by atoms with E-state index in [1.807, 2.05) is 11.0 Å². The second-order valence-corrected chi connectivity index (χ2v) is 8.02. The summed E-state index contributed by atoms with van der Waals surface area (Å²) in [6.07, 6.45) is 4.92. The van der Waals surface area contributed by atoms with Gasteiger partial charge in [0.1, 0.15) is 5.82 Å². The van der Waals surface area contributed by atoms with Crippen LogP contribution in [0.4, 0.5) is 0 Å². The lowest BCUT2D eigenvalue weighted by molar-refractivity contribution is -0.134. The normalized spacial score (nSPS) is 16.8. The van der Waals surface area contributed by atoms with Crippen molar-refractivity contribution in [3.63, 3.8) is 0 Å². The molecule has 1 saturated heterocycles. The Morgan fingerprint density at radius 2 is 2.06 bits per heavy atom. The average molecular weight is 540 g/mol. The number of amides is 1. The molecule has 0 spiro atoms. The van der Waals surface area contributed by atoms with Crippen LogP contribution in [-0.2, 0) is 11.3 Å². The van der Waals surface area contributed by atoms with E-state index in [0.717, 1.165) is 62.7 Å². The molecule has 1 aromatic heterocycles. The summed E-state index contributed by atoms with van der Waals surface area (Å²) >= 11 is 0. The van der Waals surface area contributed by atoms with E-state index < -0.39 is 0 Å². The highest BCUT2D eigenvalue weighted by atomic mass is 127. The zero-order valence-electron chi connectivity index (χ0n) is 19.1. The number of aromatic nitrogens is 2. The number of fused-ring (bicyclic) bond motifs is 1. The van der Waals surface area contributed by atoms with Crippen LogP contribution in [0.1, 0.15) is 51.8 Å². The summed E-state index contributed by atoms with van der Waals surface area (Å²) in [5.74, 6) is 2.06. The summed E-state index contributed by atoms with van der Waals surface area (Å²) in [5.41, 5.74) is 2.22. The summed E-state index contributed by atoms with van der Waals surface area (Å²) in [5, 5.41) is 6.59. The monoisotopic (exact) mass is 540 g/mol. The van der Waals surface area contributed by atoms with Crippen LogP contribution in [0, 0.1) is 6.92 Å². The van der Waals surface area contributed by atoms with Crippen LogP contribution in [0.3, 0.4) is 0 Å². The maximum atomic E-state index is 12.5. The Morgan fingerprint density at radius 1 is 1.26 bits per heavy atom. The summed E-state index contributed by atoms with van der Waals surface area (Å²) in [4.78, 5) is 23.8. The number of carbonyl (C=O) groups is 1. The summed E-state index contributed by atoms with van der Waals surface area (Å²) in [6.45, 7) is 10.2. The maximum absolute atomic E-state index is 12.5. The fourth-order valence-electron chi connectivity index (χ4n) is 4.14. The first-order chi connectivity index (χ1) is 14.6. The average Bonchev–Trinajstić information content (AvgIpc) is 3.06. The molecule has 0 radical (unpaired) electrons. The van der Waals surface area contributed by atoms with Crippen molar-refractivity contribution in [3.8, 4) is 0 Å². The first-order valence-corrected chi connectivity index (χ1v) is 11.3. The van der Waals surface area contributed by atoms with Crippen molar-refractivity contribution < 1.29 is 4.79 Å². The number of nitrogens with zero attached hydrogens (tertiary/aromatic N) is 4. The number of guanidine groups is 1. The summed E-state index contributed by atoms with van der Waals surface area (Å²) in [6, 6.07) is 8.61. The smallest absolute Gasteiger partial charge is 0.224 e. The lowest BCUT2D eigenvalue weighted by Gasteiger charge is -2.33. The number of carbonyl (C=O) groups excluding carboxylic acids is 1. The van der Waals surface area contributed by atoms with Gasteiger partial charge >= 0.3 is 0 Å². The molecule has 172 valence electrons. The largest absolute Gasteiger partial charge is 0.357 e. The SMILES string of the molecule is CCNC(=NCCCn1c(C)nc2ccccc21)NCCC(=O)N1CCCCC1C.I. The van der Waals surface area contributed by atoms with Crippen LogP contribution in [0.2, 0.25) is 0 Å². The van der Waals surface area contributed by atoms with Gasteiger partial charge in [0.25, 0.3) is 0 Å². The zero-order valence-corrected chi connectivity index (χ0v) is 21.4. The third-order valence-electron chi connectivity index (χ3n) is 5.75. The Balaban J connectivity index is 0.00000341. The number of nitrogens with one attached hydrogen (secondary N) is 2. The molecule has 7 nitrogen and oxygen atoms in total. The Hall–Kier alpha value is -1.84. The van der Waals surface area contributed by atoms with Crippen molar-refractivity contribution in [2.24, 2.45) is 4.99 Å². The molecule has 31 heavy (non-hydrogen) atoms. The summed E-state index contributed by atoms with van der Waals surface area (Å²) in [7, 11) is 0. The number of imidazole rings is 1. The number of halogens is 1. The van der Waals surface area contributed by atoms with E-state index in [-0.39, 0.29) is 29.9 Å². The van der Waals surface area contributed by atoms with Gasteiger partial charge in [0.2, 0.25) is 5.91 Å². The van der Waals surface area contributed by atoms with Crippen molar-refractivity contribution >= 4 is 46.9 Å². The lowest BCUT2D eigenvalue weighted by atomic mass is 10.0. The van der Waals surface area contributed by atoms with Crippen molar-refractivity contribution in [1.29, 1.82) is 0 Å². The number of likely N-dealkylation sites (tertiary alicyclic amines) is 1. The minimum Gasteiger partial charge on any atom is -0.357 e. The molecule has 0 aliphatic carbocycles. The standard InChI is InChI=1S/C23H36N6O.HI/c1-4-24-23(26-15-13-22(30)28-16-8-7-10-18(28)2)25-14-9-17-29-19(3)27-20-11-5-6-12-21(20)29;/h5-6,11-12,18H,4,7-10,13-17H2,1-3H3,(H2,24,25,26);1H. The van der Waals surface area contributed by atoms with E-state index in [4.69, 9.17) is 0 Å². The highest BCUT2D eigenvalue weighted by Crippen LogP contribution is 2.17. The van der Waals surface area contributed by atoms with Crippen LogP contribution >= 0.6 is 24.0 Å². The predicted octanol–water partition coefficient (Wildman–Crippen LogP) is 3.70. The molecule has 1 atom stereocenters. The molecule has 2 N–H and O–H groups in total. The van der Waals surface area contributed by atoms with Gasteiger partial charge in [-0.1, -0.05) is 12.1 Å². The second kappa shape index (κ2) is 12.9. The van der Waals surface area contributed by atoms with Gasteiger partial charge in [-0.3, -0.25) is 9.79 Å². The molecule has 3 rings (SSSR count). The van der Waals surface area contributed by atoms with Gasteiger partial charge in [0.15, 0.2) is 5.96 Å². The molecule has 2 aromatic rings. The minimum atomic E-state index is 0. The van der Waals surface area contributed by atoms with Crippen LogP contribution in [-0.4, -0.2) is 58.5 Å². The van der Waals surface area contributed by atoms with Gasteiger partial charge in [0.05, 0.1) is 11.0 Å². The van der Waals surface area contributed by atoms with Crippen molar-refractivity contribution in [2.75, 3.05) is 26.2 Å². The number of rotatable bonds is 8. The molecule has 0 bridgehead atoms. The third-order valence-corrected chi connectivity index (χ3v) is 5.75. The highest BCUT2D eigenvalue weighted by Gasteiger charge is 2.22. The number of aryl methyl sites for hydroxylation is 2. The van der Waals surface area contributed by atoms with Crippen LogP contribution in [0.25, 0.3) is 11.0 Å². The van der Waals surface area contributed by atoms with Crippen LogP contribution in [0.15, 0.2) is 29.3 Å². The fourth-order valence-corrected chi connectivity index (χ4v) is 4.14. The Bertz CT molecular complexity index is 865. The Labute approximate surface area is 203 Å². The number of piperidine rings is 1. The molecule has 2 heterocycles. The Morgan fingerprint density at radius 3 is 2.84 bits per heavy atom. The second-order valence-electron chi connectivity index (χ2n) is 8.02. The third kappa shape index (κ3) is 7.08. The van der Waals surface area contributed by atoms with Gasteiger partial charge in [-0.2, -0.15) is 0 Å². The molecular weight excluding hydrogens is 503 g/mol. The molecule has 1 aromatic carbocycles. The topological polar surface area (TPSA) is 74.5 Å². The van der Waals surface area contributed by atoms with Crippen molar-refractivity contribution in [2.45, 2.75) is 65.5 Å². The van der Waals surface area contributed by atoms with Gasteiger partial charge in [-0.05, 0) is 58.6 Å². The lowest BCUT2D eigenvalue weighted by Crippen LogP contribution is -2.44. The number of para-hydroxylation sites is 2. The summed E-state index contributed by atoms with van der Waals surface area (Å²) < 4.78 is 2.25. The number of benzene rings is 1.